The number of benzene rings is 2. The van der Waals surface area contributed by atoms with Crippen LogP contribution in [0.4, 0.5) is 4.39 Å². The van der Waals surface area contributed by atoms with Crippen LogP contribution in [0.3, 0.4) is 0 Å². The molecular weight excluding hydrogens is 319 g/mol. The molecule has 2 rings (SSSR count). The minimum atomic E-state index is -1.07. The van der Waals surface area contributed by atoms with E-state index in [1.165, 1.54) is 0 Å². The Bertz CT molecular complexity index is 535. The second kappa shape index (κ2) is 5.39. The van der Waals surface area contributed by atoms with Crippen molar-refractivity contribution in [2.75, 3.05) is 0 Å². The Balaban J connectivity index is 2.51. The van der Waals surface area contributed by atoms with Gasteiger partial charge >= 0.3 is 0 Å². The average molecular weight is 330 g/mol. The molecule has 1 atom stereocenters. The molecule has 0 aliphatic rings. The Morgan fingerprint density at radius 1 is 1.17 bits per heavy atom. The highest BCUT2D eigenvalue weighted by molar-refractivity contribution is 9.10. The Labute approximate surface area is 118 Å². The molecule has 0 heterocycles. The first-order chi connectivity index (χ1) is 8.52. The van der Waals surface area contributed by atoms with Gasteiger partial charge in [-0.05, 0) is 34.5 Å². The largest absolute Gasteiger partial charge is 0.383 e. The Morgan fingerprint density at radius 2 is 1.78 bits per heavy atom. The maximum atomic E-state index is 13.9. The molecule has 1 unspecified atom stereocenters. The molecular formula is C14H11BrClFO. The van der Waals surface area contributed by atoms with Gasteiger partial charge in [0.05, 0.1) is 4.47 Å². The predicted octanol–water partition coefficient (Wildman–Crippen LogP) is 4.63. The van der Waals surface area contributed by atoms with Crippen molar-refractivity contribution < 1.29 is 9.50 Å². The lowest BCUT2D eigenvalue weighted by Gasteiger charge is -2.15. The van der Waals surface area contributed by atoms with Crippen molar-refractivity contribution in [1.82, 2.24) is 0 Å². The van der Waals surface area contributed by atoms with Crippen molar-refractivity contribution in [2.24, 2.45) is 0 Å². The van der Waals surface area contributed by atoms with E-state index in [0.29, 0.717) is 15.1 Å². The van der Waals surface area contributed by atoms with Crippen LogP contribution in [-0.4, -0.2) is 5.11 Å². The average Bonchev–Trinajstić information content (AvgIpc) is 2.35. The maximum Gasteiger partial charge on any atom is 0.143 e. The monoisotopic (exact) mass is 328 g/mol. The first kappa shape index (κ1) is 13.5. The summed E-state index contributed by atoms with van der Waals surface area (Å²) in [5, 5.41) is 10.7. The van der Waals surface area contributed by atoms with Gasteiger partial charge in [-0.1, -0.05) is 41.9 Å². The zero-order chi connectivity index (χ0) is 13.3. The van der Waals surface area contributed by atoms with Gasteiger partial charge in [0.15, 0.2) is 0 Å². The van der Waals surface area contributed by atoms with Crippen molar-refractivity contribution in [1.29, 1.82) is 0 Å². The first-order valence-corrected chi connectivity index (χ1v) is 6.56. The fraction of sp³-hybridized carbons (Fsp3) is 0.143. The summed E-state index contributed by atoms with van der Waals surface area (Å²) in [4.78, 5) is 0. The number of rotatable bonds is 2. The van der Waals surface area contributed by atoms with E-state index < -0.39 is 11.9 Å². The number of aryl methyl sites for hydroxylation is 1. The van der Waals surface area contributed by atoms with Gasteiger partial charge in [0, 0.05) is 16.1 Å². The van der Waals surface area contributed by atoms with Gasteiger partial charge in [-0.25, -0.2) is 4.39 Å². The third kappa shape index (κ3) is 2.44. The van der Waals surface area contributed by atoms with Gasteiger partial charge in [-0.15, -0.1) is 0 Å². The summed E-state index contributed by atoms with van der Waals surface area (Å²) < 4.78 is 14.2. The molecule has 2 aromatic carbocycles. The molecule has 0 saturated carbocycles. The van der Waals surface area contributed by atoms with Crippen LogP contribution < -0.4 is 0 Å². The van der Waals surface area contributed by atoms with Crippen LogP contribution in [0.25, 0.3) is 0 Å². The smallest absolute Gasteiger partial charge is 0.143 e. The minimum absolute atomic E-state index is 0.205. The molecule has 2 aromatic rings. The first-order valence-electron chi connectivity index (χ1n) is 5.39. The molecule has 0 aromatic heterocycles. The third-order valence-corrected chi connectivity index (χ3v) is 3.92. The minimum Gasteiger partial charge on any atom is -0.383 e. The summed E-state index contributed by atoms with van der Waals surface area (Å²) >= 11 is 9.24. The molecule has 18 heavy (non-hydrogen) atoms. The van der Waals surface area contributed by atoms with Crippen LogP contribution in [0, 0.1) is 12.7 Å². The molecule has 0 spiro atoms. The summed E-state index contributed by atoms with van der Waals surface area (Å²) in [6.07, 6.45) is -1.07. The summed E-state index contributed by atoms with van der Waals surface area (Å²) in [5.41, 5.74) is 1.56. The predicted molar refractivity (Wildman–Crippen MR) is 74.4 cm³/mol. The molecule has 0 amide bonds. The Morgan fingerprint density at radius 3 is 2.50 bits per heavy atom. The Kier molecular flexibility index (Phi) is 4.05. The highest BCUT2D eigenvalue weighted by atomic mass is 79.9. The summed E-state index contributed by atoms with van der Waals surface area (Å²) in [5.74, 6) is -0.470. The van der Waals surface area contributed by atoms with Crippen molar-refractivity contribution in [3.05, 3.63) is 68.4 Å². The standard InChI is InChI=1S/C14H11BrClFO/c1-8-4-2-5-9(12(8)16)14(18)10-6-3-7-11(15)13(10)17/h2-7,14,18H,1H3. The highest BCUT2D eigenvalue weighted by Crippen LogP contribution is 2.33. The normalized spacial score (nSPS) is 12.5. The van der Waals surface area contributed by atoms with E-state index >= 15 is 0 Å². The molecule has 0 radical (unpaired) electrons. The van der Waals surface area contributed by atoms with Crippen LogP contribution in [0.15, 0.2) is 40.9 Å². The summed E-state index contributed by atoms with van der Waals surface area (Å²) in [6.45, 7) is 1.84. The van der Waals surface area contributed by atoms with Crippen LogP contribution in [0.2, 0.25) is 5.02 Å². The fourth-order valence-corrected chi connectivity index (χ4v) is 2.39. The van der Waals surface area contributed by atoms with Gasteiger partial charge in [0.25, 0.3) is 0 Å². The number of hydrogen-bond donors (Lipinski definition) is 1. The summed E-state index contributed by atoms with van der Waals surface area (Å²) in [6, 6.07) is 10.1. The number of hydrogen-bond acceptors (Lipinski definition) is 1. The zero-order valence-corrected chi connectivity index (χ0v) is 12.0. The van der Waals surface area contributed by atoms with E-state index in [-0.39, 0.29) is 5.56 Å². The van der Waals surface area contributed by atoms with Gasteiger partial charge in [0.1, 0.15) is 11.9 Å². The van der Waals surface area contributed by atoms with Gasteiger partial charge < -0.3 is 5.11 Å². The number of aliphatic hydroxyl groups excluding tert-OH is 1. The third-order valence-electron chi connectivity index (χ3n) is 2.79. The van der Waals surface area contributed by atoms with Crippen molar-refractivity contribution in [3.8, 4) is 0 Å². The molecule has 0 bridgehead atoms. The zero-order valence-electron chi connectivity index (χ0n) is 9.62. The van der Waals surface area contributed by atoms with E-state index in [1.54, 1.807) is 30.3 Å². The SMILES string of the molecule is Cc1cccc(C(O)c2cccc(Br)c2F)c1Cl. The highest BCUT2D eigenvalue weighted by Gasteiger charge is 2.19. The number of halogens is 3. The van der Waals surface area contributed by atoms with E-state index in [4.69, 9.17) is 11.6 Å². The van der Waals surface area contributed by atoms with Crippen molar-refractivity contribution in [2.45, 2.75) is 13.0 Å². The molecule has 94 valence electrons. The lowest BCUT2D eigenvalue weighted by Crippen LogP contribution is -2.04. The van der Waals surface area contributed by atoms with E-state index in [9.17, 15) is 9.50 Å². The van der Waals surface area contributed by atoms with Crippen molar-refractivity contribution >= 4 is 27.5 Å². The molecule has 0 aliphatic carbocycles. The molecule has 0 saturated heterocycles. The van der Waals surface area contributed by atoms with E-state index in [2.05, 4.69) is 15.9 Å². The van der Waals surface area contributed by atoms with Crippen LogP contribution >= 0.6 is 27.5 Å². The lowest BCUT2D eigenvalue weighted by molar-refractivity contribution is 0.215. The van der Waals surface area contributed by atoms with Crippen LogP contribution in [0.5, 0.6) is 0 Å². The van der Waals surface area contributed by atoms with Gasteiger partial charge in [-0.3, -0.25) is 0 Å². The number of aliphatic hydroxyl groups is 1. The van der Waals surface area contributed by atoms with E-state index in [0.717, 1.165) is 5.56 Å². The van der Waals surface area contributed by atoms with Gasteiger partial charge in [0.2, 0.25) is 0 Å². The van der Waals surface area contributed by atoms with Crippen LogP contribution in [0.1, 0.15) is 22.8 Å². The molecule has 0 fully saturated rings. The van der Waals surface area contributed by atoms with Crippen LogP contribution in [-0.2, 0) is 0 Å². The lowest BCUT2D eigenvalue weighted by atomic mass is 9.99. The van der Waals surface area contributed by atoms with Gasteiger partial charge in [-0.2, -0.15) is 0 Å². The summed E-state index contributed by atoms with van der Waals surface area (Å²) in [7, 11) is 0. The fourth-order valence-electron chi connectivity index (χ4n) is 1.78. The molecule has 1 nitrogen and oxygen atoms in total. The Hall–Kier alpha value is -0.900. The molecule has 0 aliphatic heterocycles. The second-order valence-electron chi connectivity index (χ2n) is 4.02. The molecule has 1 N–H and O–H groups in total. The maximum absolute atomic E-state index is 13.9. The quantitative estimate of drug-likeness (QED) is 0.851. The second-order valence-corrected chi connectivity index (χ2v) is 5.26. The van der Waals surface area contributed by atoms with E-state index in [1.807, 2.05) is 13.0 Å². The van der Waals surface area contributed by atoms with Crippen molar-refractivity contribution in [3.63, 3.8) is 0 Å². The topological polar surface area (TPSA) is 20.2 Å². The molecule has 4 heteroatoms.